The molecule has 25 heavy (non-hydrogen) atoms. The number of aryl methyl sites for hydroxylation is 1. The van der Waals surface area contributed by atoms with Crippen LogP contribution in [0.3, 0.4) is 0 Å². The minimum absolute atomic E-state index is 0.0503. The van der Waals surface area contributed by atoms with Crippen molar-refractivity contribution in [3.8, 4) is 0 Å². The number of aromatic amines is 1. The van der Waals surface area contributed by atoms with Gasteiger partial charge in [0.15, 0.2) is 0 Å². The summed E-state index contributed by atoms with van der Waals surface area (Å²) >= 11 is 5.68. The van der Waals surface area contributed by atoms with Gasteiger partial charge >= 0.3 is 6.03 Å². The summed E-state index contributed by atoms with van der Waals surface area (Å²) in [6.07, 6.45) is 2.57. The molecule has 3 N–H and O–H groups in total. The lowest BCUT2D eigenvalue weighted by atomic mass is 10.2. The van der Waals surface area contributed by atoms with Gasteiger partial charge in [-0.05, 0) is 24.6 Å². The van der Waals surface area contributed by atoms with Crippen LogP contribution in [-0.2, 0) is 6.42 Å². The van der Waals surface area contributed by atoms with Crippen LogP contribution in [0.5, 0.6) is 0 Å². The van der Waals surface area contributed by atoms with Gasteiger partial charge in [-0.2, -0.15) is 4.52 Å². The first-order valence-corrected chi connectivity index (χ1v) is 7.85. The first-order valence-electron chi connectivity index (χ1n) is 7.47. The molecule has 0 saturated heterocycles. The molecule has 0 unspecified atom stereocenters. The van der Waals surface area contributed by atoms with E-state index in [9.17, 15) is 14.0 Å². The smallest absolute Gasteiger partial charge is 0.308 e. The van der Waals surface area contributed by atoms with E-state index in [1.165, 1.54) is 18.5 Å². The van der Waals surface area contributed by atoms with Crippen LogP contribution in [0.25, 0.3) is 5.78 Å². The van der Waals surface area contributed by atoms with Crippen molar-refractivity contribution in [1.82, 2.24) is 19.6 Å². The van der Waals surface area contributed by atoms with Gasteiger partial charge in [0, 0.05) is 5.69 Å². The fourth-order valence-corrected chi connectivity index (χ4v) is 2.47. The predicted molar refractivity (Wildman–Crippen MR) is 91.7 cm³/mol. The first kappa shape index (κ1) is 16.9. The van der Waals surface area contributed by atoms with Crippen LogP contribution in [0.4, 0.5) is 20.6 Å². The normalized spacial score (nSPS) is 10.8. The number of carbonyl (C=O) groups is 1. The summed E-state index contributed by atoms with van der Waals surface area (Å²) < 4.78 is 14.3. The molecule has 8 nitrogen and oxygen atoms in total. The van der Waals surface area contributed by atoms with E-state index in [1.807, 2.05) is 6.92 Å². The predicted octanol–water partition coefficient (Wildman–Crippen LogP) is 2.81. The van der Waals surface area contributed by atoms with Gasteiger partial charge in [-0.25, -0.2) is 19.2 Å². The van der Waals surface area contributed by atoms with Crippen molar-refractivity contribution in [1.29, 1.82) is 0 Å². The summed E-state index contributed by atoms with van der Waals surface area (Å²) in [4.78, 5) is 32.9. The lowest BCUT2D eigenvalue weighted by Gasteiger charge is -2.11. The van der Waals surface area contributed by atoms with Gasteiger partial charge in [-0.3, -0.25) is 9.89 Å². The van der Waals surface area contributed by atoms with E-state index in [0.717, 1.165) is 17.0 Å². The number of anilines is 2. The average Bonchev–Trinajstić information content (AvgIpc) is 3.03. The Hall–Kier alpha value is -2.94. The Balaban J connectivity index is 1.89. The molecule has 0 aliphatic rings. The third-order valence-electron chi connectivity index (χ3n) is 3.41. The van der Waals surface area contributed by atoms with Gasteiger partial charge in [-0.1, -0.05) is 24.9 Å². The molecule has 0 radical (unpaired) electrons. The zero-order chi connectivity index (χ0) is 18.0. The highest BCUT2D eigenvalue weighted by atomic mass is 35.5. The molecular weight excluding hydrogens is 351 g/mol. The maximum Gasteiger partial charge on any atom is 0.323 e. The average molecular weight is 365 g/mol. The molecule has 0 atom stereocenters. The Bertz CT molecular complexity index is 999. The maximum absolute atomic E-state index is 13.2. The SMILES string of the molecule is CCCc1nc2nc[nH]n2c(=O)c1NC(=O)Nc1ccc(F)c(Cl)c1. The number of carbonyl (C=O) groups excluding carboxylic acids is 1. The van der Waals surface area contributed by atoms with Crippen LogP contribution in [0, 0.1) is 5.82 Å². The summed E-state index contributed by atoms with van der Waals surface area (Å²) in [5.74, 6) is -0.366. The molecule has 2 amide bonds. The van der Waals surface area contributed by atoms with Crippen LogP contribution in [-0.4, -0.2) is 25.6 Å². The fraction of sp³-hybridized carbons (Fsp3) is 0.200. The maximum atomic E-state index is 13.2. The number of hydrogen-bond donors (Lipinski definition) is 3. The van der Waals surface area contributed by atoms with Crippen LogP contribution in [0.1, 0.15) is 19.0 Å². The topological polar surface area (TPSA) is 104 Å². The molecule has 0 saturated carbocycles. The number of urea groups is 1. The van der Waals surface area contributed by atoms with E-state index in [0.29, 0.717) is 12.1 Å². The van der Waals surface area contributed by atoms with E-state index in [1.54, 1.807) is 0 Å². The number of benzene rings is 1. The summed E-state index contributed by atoms with van der Waals surface area (Å²) in [5.41, 5.74) is 0.302. The quantitative estimate of drug-likeness (QED) is 0.662. The Kier molecular flexibility index (Phi) is 4.66. The summed E-state index contributed by atoms with van der Waals surface area (Å²) in [5, 5.41) is 7.51. The molecule has 1 aromatic carbocycles. The van der Waals surface area contributed by atoms with Crippen molar-refractivity contribution < 1.29 is 9.18 Å². The molecule has 130 valence electrons. The first-order chi connectivity index (χ1) is 12.0. The van der Waals surface area contributed by atoms with Gasteiger partial charge in [-0.15, -0.1) is 0 Å². The molecule has 0 aliphatic carbocycles. The molecule has 3 aromatic rings. The number of nitrogens with zero attached hydrogens (tertiary/aromatic N) is 3. The van der Waals surface area contributed by atoms with E-state index in [4.69, 9.17) is 11.6 Å². The minimum Gasteiger partial charge on any atom is -0.308 e. The zero-order valence-electron chi connectivity index (χ0n) is 13.1. The van der Waals surface area contributed by atoms with Gasteiger partial charge in [0.1, 0.15) is 17.8 Å². The van der Waals surface area contributed by atoms with Crippen LogP contribution >= 0.6 is 11.6 Å². The van der Waals surface area contributed by atoms with Gasteiger partial charge in [0.05, 0.1) is 10.7 Å². The van der Waals surface area contributed by atoms with E-state index < -0.39 is 17.4 Å². The molecule has 0 aliphatic heterocycles. The molecule has 10 heteroatoms. The molecule has 3 rings (SSSR count). The molecule has 0 fully saturated rings. The van der Waals surface area contributed by atoms with E-state index in [2.05, 4.69) is 25.7 Å². The lowest BCUT2D eigenvalue weighted by molar-refractivity contribution is 0.262. The second kappa shape index (κ2) is 6.89. The Morgan fingerprint density at radius 3 is 2.92 bits per heavy atom. The monoisotopic (exact) mass is 364 g/mol. The molecular formula is C15H14ClFN6O2. The minimum atomic E-state index is -0.668. The highest BCUT2D eigenvalue weighted by molar-refractivity contribution is 6.31. The standard InChI is InChI=1S/C15H14ClFN6O2/c1-2-3-11-12(13(24)23-14(21-11)18-7-19-23)22-15(25)20-8-4-5-10(17)9(16)6-8/h4-7H,2-3H2,1H3,(H,18,19,21)(H2,20,22,25). The third-order valence-corrected chi connectivity index (χ3v) is 3.70. The highest BCUT2D eigenvalue weighted by Gasteiger charge is 2.16. The second-order valence-electron chi connectivity index (χ2n) is 5.22. The molecule has 0 spiro atoms. The summed E-state index contributed by atoms with van der Waals surface area (Å²) in [7, 11) is 0. The van der Waals surface area contributed by atoms with Gasteiger partial charge in [0.25, 0.3) is 11.3 Å². The largest absolute Gasteiger partial charge is 0.323 e. The highest BCUT2D eigenvalue weighted by Crippen LogP contribution is 2.19. The number of hydrogen-bond acceptors (Lipinski definition) is 4. The summed E-state index contributed by atoms with van der Waals surface area (Å²) in [6.45, 7) is 1.93. The van der Waals surface area contributed by atoms with Crippen molar-refractivity contribution in [3.63, 3.8) is 0 Å². The number of rotatable bonds is 4. The van der Waals surface area contributed by atoms with Crippen molar-refractivity contribution >= 4 is 34.8 Å². The van der Waals surface area contributed by atoms with Crippen molar-refractivity contribution in [2.75, 3.05) is 10.6 Å². The Morgan fingerprint density at radius 1 is 1.40 bits per heavy atom. The number of nitrogens with one attached hydrogen (secondary N) is 3. The Morgan fingerprint density at radius 2 is 2.20 bits per heavy atom. The van der Waals surface area contributed by atoms with Crippen molar-refractivity contribution in [2.45, 2.75) is 19.8 Å². The van der Waals surface area contributed by atoms with Crippen molar-refractivity contribution in [2.24, 2.45) is 0 Å². The van der Waals surface area contributed by atoms with Crippen molar-refractivity contribution in [3.05, 3.63) is 51.4 Å². The zero-order valence-corrected chi connectivity index (χ0v) is 13.9. The number of fused-ring (bicyclic) bond motifs is 1. The van der Waals surface area contributed by atoms with E-state index >= 15 is 0 Å². The summed E-state index contributed by atoms with van der Waals surface area (Å²) in [6, 6.07) is 3.09. The van der Waals surface area contributed by atoms with Gasteiger partial charge < -0.3 is 10.6 Å². The Labute approximate surface area is 146 Å². The fourth-order valence-electron chi connectivity index (χ4n) is 2.29. The van der Waals surface area contributed by atoms with E-state index in [-0.39, 0.29) is 22.2 Å². The number of aromatic nitrogens is 4. The van der Waals surface area contributed by atoms with Crippen LogP contribution < -0.4 is 16.2 Å². The molecule has 0 bridgehead atoms. The molecule has 2 aromatic heterocycles. The second-order valence-corrected chi connectivity index (χ2v) is 5.63. The third kappa shape index (κ3) is 3.45. The lowest BCUT2D eigenvalue weighted by Crippen LogP contribution is -2.28. The number of amides is 2. The van der Waals surface area contributed by atoms with Crippen LogP contribution in [0.2, 0.25) is 5.02 Å². The number of H-pyrrole nitrogens is 1. The van der Waals surface area contributed by atoms with Crippen LogP contribution in [0.15, 0.2) is 29.3 Å². The van der Waals surface area contributed by atoms with Gasteiger partial charge in [0.2, 0.25) is 0 Å². The molecule has 2 heterocycles. The number of halogens is 2.